The van der Waals surface area contributed by atoms with Crippen molar-refractivity contribution in [3.8, 4) is 5.75 Å². The van der Waals surface area contributed by atoms with Crippen LogP contribution in [0.1, 0.15) is 42.1 Å². The van der Waals surface area contributed by atoms with Gasteiger partial charge in [-0.05, 0) is 74.6 Å². The molecular weight excluding hydrogens is 452 g/mol. The van der Waals surface area contributed by atoms with Gasteiger partial charge < -0.3 is 20.3 Å². The van der Waals surface area contributed by atoms with Crippen LogP contribution in [0, 0.1) is 5.92 Å². The van der Waals surface area contributed by atoms with Crippen LogP contribution in [-0.2, 0) is 11.2 Å². The Bertz CT molecular complexity index is 1130. The second-order valence-electron chi connectivity index (χ2n) is 8.96. The number of hydrogen-bond acceptors (Lipinski definition) is 5. The number of carbonyl (C=O) groups is 2. The Labute approximate surface area is 212 Å². The number of amides is 2. The molecule has 0 saturated carbocycles. The summed E-state index contributed by atoms with van der Waals surface area (Å²) < 4.78 is 5.45. The zero-order chi connectivity index (χ0) is 25.2. The Balaban J connectivity index is 1.23. The Morgan fingerprint density at radius 3 is 2.50 bits per heavy atom. The van der Waals surface area contributed by atoms with Gasteiger partial charge >= 0.3 is 0 Å². The van der Waals surface area contributed by atoms with Crippen LogP contribution < -0.4 is 20.3 Å². The van der Waals surface area contributed by atoms with E-state index in [1.807, 2.05) is 55.5 Å². The largest absolute Gasteiger partial charge is 0.494 e. The van der Waals surface area contributed by atoms with Crippen LogP contribution in [0.25, 0.3) is 0 Å². The summed E-state index contributed by atoms with van der Waals surface area (Å²) in [5.41, 5.74) is 2.55. The van der Waals surface area contributed by atoms with Crippen molar-refractivity contribution in [2.75, 3.05) is 36.5 Å². The fourth-order valence-electron chi connectivity index (χ4n) is 4.40. The number of pyridine rings is 1. The highest BCUT2D eigenvalue weighted by atomic mass is 16.5. The molecule has 1 aliphatic rings. The summed E-state index contributed by atoms with van der Waals surface area (Å²) in [7, 11) is 0. The van der Waals surface area contributed by atoms with Gasteiger partial charge in [0.25, 0.3) is 5.91 Å². The number of ether oxygens (including phenoxy) is 1. The maximum absolute atomic E-state index is 12.8. The van der Waals surface area contributed by atoms with Gasteiger partial charge in [0.1, 0.15) is 11.6 Å². The van der Waals surface area contributed by atoms with Crippen LogP contribution in [0.15, 0.2) is 72.9 Å². The maximum Gasteiger partial charge on any atom is 0.255 e. The molecule has 2 amide bonds. The molecule has 7 nitrogen and oxygen atoms in total. The molecule has 7 heteroatoms. The summed E-state index contributed by atoms with van der Waals surface area (Å²) in [5, 5.41) is 6.02. The molecule has 2 heterocycles. The number of rotatable bonds is 10. The second-order valence-corrected chi connectivity index (χ2v) is 8.96. The maximum atomic E-state index is 12.8. The van der Waals surface area contributed by atoms with Crippen LogP contribution in [0.3, 0.4) is 0 Å². The van der Waals surface area contributed by atoms with Crippen molar-refractivity contribution in [2.24, 2.45) is 5.92 Å². The third-order valence-electron chi connectivity index (χ3n) is 6.40. The minimum absolute atomic E-state index is 0.0177. The van der Waals surface area contributed by atoms with Crippen molar-refractivity contribution >= 4 is 23.3 Å². The van der Waals surface area contributed by atoms with Crippen LogP contribution in [-0.4, -0.2) is 43.0 Å². The molecule has 1 aromatic heterocycles. The van der Waals surface area contributed by atoms with Gasteiger partial charge in [-0.2, -0.15) is 0 Å². The molecule has 3 aromatic rings. The number of nitrogens with zero attached hydrogens (tertiary/aromatic N) is 2. The predicted octanol–water partition coefficient (Wildman–Crippen LogP) is 4.70. The first-order chi connectivity index (χ1) is 17.6. The van der Waals surface area contributed by atoms with Crippen molar-refractivity contribution < 1.29 is 14.3 Å². The SMILES string of the molecule is CCOc1ccc(NC(=O)c2ccnc(N3CCC(C(=O)NCCCc4ccccc4)CC3)c2)cc1. The third kappa shape index (κ3) is 7.07. The highest BCUT2D eigenvalue weighted by molar-refractivity contribution is 6.04. The van der Waals surface area contributed by atoms with E-state index in [-0.39, 0.29) is 17.7 Å². The number of anilines is 2. The van der Waals surface area contributed by atoms with E-state index in [2.05, 4.69) is 32.7 Å². The smallest absolute Gasteiger partial charge is 0.255 e. The lowest BCUT2D eigenvalue weighted by atomic mass is 9.95. The monoisotopic (exact) mass is 486 g/mol. The summed E-state index contributed by atoms with van der Waals surface area (Å²) in [6.07, 6.45) is 5.11. The van der Waals surface area contributed by atoms with Crippen LogP contribution in [0.2, 0.25) is 0 Å². The quantitative estimate of drug-likeness (QED) is 0.406. The van der Waals surface area contributed by atoms with Gasteiger partial charge in [-0.15, -0.1) is 0 Å². The number of aryl methyl sites for hydroxylation is 1. The molecule has 1 aliphatic heterocycles. The number of aromatic nitrogens is 1. The molecule has 2 aromatic carbocycles. The Hall–Kier alpha value is -3.87. The Morgan fingerprint density at radius 1 is 1.03 bits per heavy atom. The summed E-state index contributed by atoms with van der Waals surface area (Å²) in [5.74, 6) is 1.50. The average molecular weight is 487 g/mol. The molecule has 1 fully saturated rings. The Morgan fingerprint density at radius 2 is 1.78 bits per heavy atom. The number of piperidine rings is 1. The molecule has 188 valence electrons. The van der Waals surface area contributed by atoms with Gasteiger partial charge in [0, 0.05) is 43.0 Å². The summed E-state index contributed by atoms with van der Waals surface area (Å²) >= 11 is 0. The zero-order valence-corrected chi connectivity index (χ0v) is 20.8. The Kier molecular flexibility index (Phi) is 8.92. The third-order valence-corrected chi connectivity index (χ3v) is 6.40. The van der Waals surface area contributed by atoms with E-state index in [1.54, 1.807) is 12.3 Å². The van der Waals surface area contributed by atoms with Gasteiger partial charge in [0.15, 0.2) is 0 Å². The van der Waals surface area contributed by atoms with Gasteiger partial charge in [0.2, 0.25) is 5.91 Å². The molecule has 0 aliphatic carbocycles. The van der Waals surface area contributed by atoms with Gasteiger partial charge in [-0.25, -0.2) is 4.98 Å². The minimum Gasteiger partial charge on any atom is -0.494 e. The van der Waals surface area contributed by atoms with Crippen LogP contribution in [0.5, 0.6) is 5.75 Å². The van der Waals surface area contributed by atoms with Gasteiger partial charge in [-0.1, -0.05) is 30.3 Å². The molecule has 0 bridgehead atoms. The molecule has 0 spiro atoms. The normalized spacial score (nSPS) is 13.8. The van der Waals surface area contributed by atoms with Crippen LogP contribution >= 0.6 is 0 Å². The van der Waals surface area contributed by atoms with E-state index in [4.69, 9.17) is 4.74 Å². The molecule has 4 rings (SSSR count). The fourth-order valence-corrected chi connectivity index (χ4v) is 4.40. The first-order valence-corrected chi connectivity index (χ1v) is 12.7. The van der Waals surface area contributed by atoms with E-state index < -0.39 is 0 Å². The summed E-state index contributed by atoms with van der Waals surface area (Å²) in [6, 6.07) is 21.2. The van der Waals surface area contributed by atoms with Crippen molar-refractivity contribution in [3.05, 3.63) is 84.1 Å². The highest BCUT2D eigenvalue weighted by Crippen LogP contribution is 2.23. The van der Waals surface area contributed by atoms with Crippen molar-refractivity contribution in [1.82, 2.24) is 10.3 Å². The van der Waals surface area contributed by atoms with E-state index >= 15 is 0 Å². The molecule has 1 saturated heterocycles. The van der Waals surface area contributed by atoms with Crippen LogP contribution in [0.4, 0.5) is 11.5 Å². The predicted molar refractivity (Wildman–Crippen MR) is 143 cm³/mol. The number of hydrogen-bond donors (Lipinski definition) is 2. The topological polar surface area (TPSA) is 83.6 Å². The van der Waals surface area contributed by atoms with Gasteiger partial charge in [0.05, 0.1) is 6.61 Å². The van der Waals surface area contributed by atoms with E-state index in [0.29, 0.717) is 24.4 Å². The van der Waals surface area contributed by atoms with Crippen molar-refractivity contribution in [2.45, 2.75) is 32.6 Å². The number of nitrogens with one attached hydrogen (secondary N) is 2. The highest BCUT2D eigenvalue weighted by Gasteiger charge is 2.25. The molecule has 0 atom stereocenters. The molecule has 0 radical (unpaired) electrons. The van der Waals surface area contributed by atoms with E-state index in [9.17, 15) is 9.59 Å². The minimum atomic E-state index is -0.187. The summed E-state index contributed by atoms with van der Waals surface area (Å²) in [4.78, 5) is 32.0. The summed E-state index contributed by atoms with van der Waals surface area (Å²) in [6.45, 7) is 4.70. The lowest BCUT2D eigenvalue weighted by Crippen LogP contribution is -2.41. The molecule has 0 unspecified atom stereocenters. The van der Waals surface area contributed by atoms with Crippen molar-refractivity contribution in [3.63, 3.8) is 0 Å². The second kappa shape index (κ2) is 12.7. The average Bonchev–Trinajstić information content (AvgIpc) is 2.93. The van der Waals surface area contributed by atoms with Gasteiger partial charge in [-0.3, -0.25) is 9.59 Å². The zero-order valence-electron chi connectivity index (χ0n) is 20.8. The number of benzene rings is 2. The lowest BCUT2D eigenvalue weighted by Gasteiger charge is -2.32. The molecule has 36 heavy (non-hydrogen) atoms. The first-order valence-electron chi connectivity index (χ1n) is 12.7. The molecule has 2 N–H and O–H groups in total. The van der Waals surface area contributed by atoms with E-state index in [1.165, 1.54) is 5.56 Å². The standard InChI is InChI=1S/C29H34N4O3/c1-2-36-26-12-10-25(11-13-26)32-29(35)24-14-18-30-27(21-24)33-19-15-23(16-20-33)28(34)31-17-6-9-22-7-4-3-5-8-22/h3-5,7-8,10-14,18,21,23H,2,6,9,15-17,19-20H2,1H3,(H,31,34)(H,32,35). The fraction of sp³-hybridized carbons (Fsp3) is 0.345. The van der Waals surface area contributed by atoms with E-state index in [0.717, 1.165) is 50.3 Å². The first kappa shape index (κ1) is 25.2. The lowest BCUT2D eigenvalue weighted by molar-refractivity contribution is -0.125. The number of carbonyl (C=O) groups excluding carboxylic acids is 2. The van der Waals surface area contributed by atoms with Crippen molar-refractivity contribution in [1.29, 1.82) is 0 Å². The molecular formula is C29H34N4O3.